The minimum absolute atomic E-state index is 0.0450. The van der Waals surface area contributed by atoms with Crippen molar-refractivity contribution in [1.82, 2.24) is 4.90 Å². The van der Waals surface area contributed by atoms with Crippen LogP contribution in [-0.4, -0.2) is 36.1 Å². The molecule has 1 fully saturated rings. The lowest BCUT2D eigenvalue weighted by Crippen LogP contribution is -2.30. The van der Waals surface area contributed by atoms with Crippen LogP contribution in [0.3, 0.4) is 0 Å². The van der Waals surface area contributed by atoms with Gasteiger partial charge in [0.15, 0.2) is 0 Å². The lowest BCUT2D eigenvalue weighted by molar-refractivity contribution is -0.128. The molecular formula is C25H23ClN2O3S. The fraction of sp³-hybridized carbons (Fsp3) is 0.200. The van der Waals surface area contributed by atoms with Crippen LogP contribution < -0.4 is 10.1 Å². The SMILES string of the molecule is COc1ccc(Cl)cc1NC(=O)c1ccc([C@@H]2SCC(=O)N2CCc2ccccc2)cc1. The van der Waals surface area contributed by atoms with E-state index in [0.717, 1.165) is 12.0 Å². The highest BCUT2D eigenvalue weighted by atomic mass is 35.5. The Hall–Kier alpha value is -2.96. The molecule has 1 N–H and O–H groups in total. The quantitative estimate of drug-likeness (QED) is 0.505. The highest BCUT2D eigenvalue weighted by molar-refractivity contribution is 8.00. The molecule has 2 amide bonds. The van der Waals surface area contributed by atoms with Crippen LogP contribution in [0, 0.1) is 0 Å². The molecule has 0 unspecified atom stereocenters. The summed E-state index contributed by atoms with van der Waals surface area (Å²) >= 11 is 7.66. The number of hydrogen-bond acceptors (Lipinski definition) is 4. The van der Waals surface area contributed by atoms with E-state index in [1.54, 1.807) is 42.1 Å². The van der Waals surface area contributed by atoms with Crippen molar-refractivity contribution in [2.45, 2.75) is 11.8 Å². The molecule has 3 aromatic rings. The van der Waals surface area contributed by atoms with Crippen molar-refractivity contribution in [3.05, 3.63) is 94.5 Å². The third kappa shape index (κ3) is 5.09. The van der Waals surface area contributed by atoms with Crippen LogP contribution in [0.25, 0.3) is 0 Å². The topological polar surface area (TPSA) is 58.6 Å². The van der Waals surface area contributed by atoms with Crippen LogP contribution in [0.15, 0.2) is 72.8 Å². The van der Waals surface area contributed by atoms with Crippen LogP contribution in [0.2, 0.25) is 5.02 Å². The third-order valence-electron chi connectivity index (χ3n) is 5.32. The summed E-state index contributed by atoms with van der Waals surface area (Å²) in [7, 11) is 1.54. The lowest BCUT2D eigenvalue weighted by atomic mass is 10.1. The van der Waals surface area contributed by atoms with E-state index in [1.165, 1.54) is 12.7 Å². The highest BCUT2D eigenvalue weighted by Gasteiger charge is 2.32. The number of nitrogens with one attached hydrogen (secondary N) is 1. The normalized spacial score (nSPS) is 15.6. The molecule has 0 aromatic heterocycles. The van der Waals surface area contributed by atoms with Gasteiger partial charge in [0.1, 0.15) is 11.1 Å². The maximum absolute atomic E-state index is 12.7. The Morgan fingerprint density at radius 3 is 2.59 bits per heavy atom. The molecule has 1 saturated heterocycles. The van der Waals surface area contributed by atoms with Crippen LogP contribution >= 0.6 is 23.4 Å². The number of methoxy groups -OCH3 is 1. The molecule has 1 atom stereocenters. The van der Waals surface area contributed by atoms with Crippen LogP contribution in [0.4, 0.5) is 5.69 Å². The predicted molar refractivity (Wildman–Crippen MR) is 129 cm³/mol. The van der Waals surface area contributed by atoms with E-state index in [9.17, 15) is 9.59 Å². The van der Waals surface area contributed by atoms with Gasteiger partial charge in [0, 0.05) is 17.1 Å². The average Bonchev–Trinajstić information content (AvgIpc) is 3.19. The molecule has 5 nitrogen and oxygen atoms in total. The summed E-state index contributed by atoms with van der Waals surface area (Å²) in [5, 5.41) is 3.31. The zero-order valence-corrected chi connectivity index (χ0v) is 19.2. The molecule has 32 heavy (non-hydrogen) atoms. The summed E-state index contributed by atoms with van der Waals surface area (Å²) in [4.78, 5) is 27.1. The van der Waals surface area contributed by atoms with Gasteiger partial charge in [-0.05, 0) is 47.9 Å². The zero-order chi connectivity index (χ0) is 22.5. The van der Waals surface area contributed by atoms with E-state index >= 15 is 0 Å². The fourth-order valence-corrected chi connectivity index (χ4v) is 5.03. The number of rotatable bonds is 7. The Morgan fingerprint density at radius 1 is 1.12 bits per heavy atom. The van der Waals surface area contributed by atoms with Crippen LogP contribution in [-0.2, 0) is 11.2 Å². The molecule has 1 heterocycles. The van der Waals surface area contributed by atoms with E-state index in [4.69, 9.17) is 16.3 Å². The van der Waals surface area contributed by atoms with Gasteiger partial charge in [0.05, 0.1) is 18.6 Å². The first-order valence-electron chi connectivity index (χ1n) is 10.2. The molecule has 0 saturated carbocycles. The summed E-state index contributed by atoms with van der Waals surface area (Å²) in [6, 6.07) is 22.6. The summed E-state index contributed by atoms with van der Waals surface area (Å²) < 4.78 is 5.29. The highest BCUT2D eigenvalue weighted by Crippen LogP contribution is 2.38. The van der Waals surface area contributed by atoms with Crippen molar-refractivity contribution < 1.29 is 14.3 Å². The zero-order valence-electron chi connectivity index (χ0n) is 17.6. The summed E-state index contributed by atoms with van der Waals surface area (Å²) in [6.45, 7) is 0.664. The Kier molecular flexibility index (Phi) is 7.02. The van der Waals surface area contributed by atoms with E-state index in [1.807, 2.05) is 35.2 Å². The van der Waals surface area contributed by atoms with Gasteiger partial charge in [-0.25, -0.2) is 0 Å². The van der Waals surface area contributed by atoms with Gasteiger partial charge < -0.3 is 15.0 Å². The van der Waals surface area contributed by atoms with E-state index < -0.39 is 0 Å². The molecule has 0 radical (unpaired) electrons. The van der Waals surface area contributed by atoms with Crippen molar-refractivity contribution in [3.8, 4) is 5.75 Å². The van der Waals surface area contributed by atoms with Gasteiger partial charge >= 0.3 is 0 Å². The van der Waals surface area contributed by atoms with Gasteiger partial charge in [-0.1, -0.05) is 54.1 Å². The number of ether oxygens (including phenoxy) is 1. The van der Waals surface area contributed by atoms with Crippen molar-refractivity contribution in [2.75, 3.05) is 24.7 Å². The number of thioether (sulfide) groups is 1. The summed E-state index contributed by atoms with van der Waals surface area (Å²) in [5.41, 5.74) is 3.24. The smallest absolute Gasteiger partial charge is 0.255 e. The molecule has 0 aliphatic carbocycles. The number of hydrogen-bond donors (Lipinski definition) is 1. The van der Waals surface area contributed by atoms with Crippen LogP contribution in [0.1, 0.15) is 26.9 Å². The Bertz CT molecular complexity index is 1110. The van der Waals surface area contributed by atoms with Gasteiger partial charge in [0.25, 0.3) is 5.91 Å². The molecular weight excluding hydrogens is 444 g/mol. The van der Waals surface area contributed by atoms with E-state index in [0.29, 0.717) is 34.3 Å². The first-order valence-corrected chi connectivity index (χ1v) is 11.7. The second-order valence-corrected chi connectivity index (χ2v) is 8.91. The molecule has 7 heteroatoms. The molecule has 4 rings (SSSR count). The number of anilines is 1. The van der Waals surface area contributed by atoms with Gasteiger partial charge in [-0.2, -0.15) is 0 Å². The maximum atomic E-state index is 12.7. The predicted octanol–water partition coefficient (Wildman–Crippen LogP) is 5.42. The second-order valence-electron chi connectivity index (χ2n) is 7.41. The van der Waals surface area contributed by atoms with Gasteiger partial charge in [-0.15, -0.1) is 11.8 Å². The molecule has 1 aliphatic heterocycles. The van der Waals surface area contributed by atoms with Crippen molar-refractivity contribution in [2.24, 2.45) is 0 Å². The number of carbonyl (C=O) groups excluding carboxylic acids is 2. The Labute approximate surface area is 196 Å². The lowest BCUT2D eigenvalue weighted by Gasteiger charge is -2.24. The molecule has 164 valence electrons. The molecule has 3 aromatic carbocycles. The molecule has 0 bridgehead atoms. The third-order valence-corrected chi connectivity index (χ3v) is 6.81. The fourth-order valence-electron chi connectivity index (χ4n) is 3.64. The Morgan fingerprint density at radius 2 is 1.88 bits per heavy atom. The number of nitrogens with zero attached hydrogens (tertiary/aromatic N) is 1. The van der Waals surface area contributed by atoms with E-state index in [-0.39, 0.29) is 17.2 Å². The van der Waals surface area contributed by atoms with Crippen molar-refractivity contribution in [1.29, 1.82) is 0 Å². The average molecular weight is 467 g/mol. The van der Waals surface area contributed by atoms with Gasteiger partial charge in [-0.3, -0.25) is 9.59 Å². The summed E-state index contributed by atoms with van der Waals surface area (Å²) in [5.74, 6) is 0.893. The number of halogens is 1. The number of benzene rings is 3. The van der Waals surface area contributed by atoms with Crippen molar-refractivity contribution >= 4 is 40.9 Å². The van der Waals surface area contributed by atoms with Gasteiger partial charge in [0.2, 0.25) is 5.91 Å². The largest absolute Gasteiger partial charge is 0.495 e. The molecule has 0 spiro atoms. The van der Waals surface area contributed by atoms with Crippen LogP contribution in [0.5, 0.6) is 5.75 Å². The number of carbonyl (C=O) groups is 2. The second kappa shape index (κ2) is 10.1. The minimum atomic E-state index is -0.256. The number of amides is 2. The minimum Gasteiger partial charge on any atom is -0.495 e. The standard InChI is InChI=1S/C25H23ClN2O3S/c1-31-22-12-11-20(26)15-21(22)27-24(30)18-7-9-19(10-8-18)25-28(23(29)16-32-25)14-13-17-5-3-2-4-6-17/h2-12,15,25H,13-14,16H2,1H3,(H,27,30)/t25-/m0/s1. The molecule has 1 aliphatic rings. The first-order chi connectivity index (χ1) is 15.5. The summed E-state index contributed by atoms with van der Waals surface area (Å²) in [6.07, 6.45) is 0.811. The van der Waals surface area contributed by atoms with Crippen molar-refractivity contribution in [3.63, 3.8) is 0 Å². The Balaban J connectivity index is 1.45. The maximum Gasteiger partial charge on any atom is 0.255 e. The monoisotopic (exact) mass is 466 g/mol. The first kappa shape index (κ1) is 22.2. The van der Waals surface area contributed by atoms with E-state index in [2.05, 4.69) is 17.4 Å².